The molecule has 6 nitrogen and oxygen atoms in total. The Morgan fingerprint density at radius 3 is 2.56 bits per heavy atom. The molecule has 1 saturated heterocycles. The van der Waals surface area contributed by atoms with E-state index in [2.05, 4.69) is 51.6 Å². The predicted octanol–water partition coefficient (Wildman–Crippen LogP) is 4.15. The highest BCUT2D eigenvalue weighted by molar-refractivity contribution is 5.85. The number of para-hydroxylation sites is 1. The van der Waals surface area contributed by atoms with Crippen molar-refractivity contribution in [1.82, 2.24) is 20.5 Å². The Balaban J connectivity index is 1.42. The summed E-state index contributed by atoms with van der Waals surface area (Å²) in [4.78, 5) is 14.6. The quantitative estimate of drug-likeness (QED) is 0.526. The van der Waals surface area contributed by atoms with Crippen LogP contribution in [0.15, 0.2) is 35.3 Å². The molecule has 32 heavy (non-hydrogen) atoms. The molecule has 2 heterocycles. The number of benzene rings is 1. The minimum Gasteiger partial charge on any atom is -0.363 e. The summed E-state index contributed by atoms with van der Waals surface area (Å²) in [6, 6.07) is 11.9. The molecule has 1 aliphatic carbocycles. The van der Waals surface area contributed by atoms with E-state index < -0.39 is 0 Å². The van der Waals surface area contributed by atoms with Gasteiger partial charge in [-0.3, -0.25) is 0 Å². The third-order valence-corrected chi connectivity index (χ3v) is 6.96. The molecule has 0 spiro atoms. The van der Waals surface area contributed by atoms with Crippen molar-refractivity contribution < 1.29 is 0 Å². The highest BCUT2D eigenvalue weighted by atomic mass is 15.2. The van der Waals surface area contributed by atoms with E-state index in [1.165, 1.54) is 69.0 Å². The number of aliphatic imine (C=N–C) groups is 1. The number of nitrogens with one attached hydrogen (secondary N) is 2. The van der Waals surface area contributed by atoms with E-state index in [0.29, 0.717) is 12.6 Å². The molecule has 0 radical (unpaired) electrons. The van der Waals surface area contributed by atoms with Crippen LogP contribution in [0.25, 0.3) is 10.9 Å². The zero-order valence-electron chi connectivity index (χ0n) is 20.1. The minimum atomic E-state index is 0.499. The molecular formula is C26H40N6. The van der Waals surface area contributed by atoms with Crippen LogP contribution in [-0.2, 0) is 6.54 Å². The Labute approximate surface area is 193 Å². The van der Waals surface area contributed by atoms with Crippen molar-refractivity contribution in [2.75, 3.05) is 38.6 Å². The standard InChI is InChI=1S/C26H40N6/c1-4-27-26(29-21-14-16-32(17-15-21)22-10-6-5-7-11-22)28-19-20-18-25(31(2)3)30-24-13-9-8-12-23(20)24/h8-9,12-13,18,21-22H,4-7,10-11,14-17,19H2,1-3H3,(H2,27,28,29). The third kappa shape index (κ3) is 5.71. The highest BCUT2D eigenvalue weighted by Crippen LogP contribution is 2.26. The second kappa shape index (κ2) is 11.0. The summed E-state index contributed by atoms with van der Waals surface area (Å²) in [5, 5.41) is 8.36. The molecule has 174 valence electrons. The van der Waals surface area contributed by atoms with E-state index in [0.717, 1.165) is 29.9 Å². The molecule has 1 saturated carbocycles. The Morgan fingerprint density at radius 2 is 1.84 bits per heavy atom. The van der Waals surface area contributed by atoms with Crippen LogP contribution in [0.3, 0.4) is 0 Å². The van der Waals surface area contributed by atoms with Crippen LogP contribution in [0.1, 0.15) is 57.4 Å². The van der Waals surface area contributed by atoms with Crippen LogP contribution in [0.5, 0.6) is 0 Å². The summed E-state index contributed by atoms with van der Waals surface area (Å²) in [6.45, 7) is 6.06. The maximum Gasteiger partial charge on any atom is 0.191 e. The molecule has 2 N–H and O–H groups in total. The molecule has 1 aliphatic heterocycles. The number of hydrogen-bond acceptors (Lipinski definition) is 4. The van der Waals surface area contributed by atoms with Crippen LogP contribution < -0.4 is 15.5 Å². The van der Waals surface area contributed by atoms with E-state index in [1.54, 1.807) is 0 Å². The zero-order valence-corrected chi connectivity index (χ0v) is 20.1. The van der Waals surface area contributed by atoms with Gasteiger partial charge in [-0.2, -0.15) is 0 Å². The first-order chi connectivity index (χ1) is 15.6. The normalized spacial score (nSPS) is 19.3. The summed E-state index contributed by atoms with van der Waals surface area (Å²) in [5.74, 6) is 1.90. The van der Waals surface area contributed by atoms with Crippen LogP contribution in [0.4, 0.5) is 5.82 Å². The fourth-order valence-electron chi connectivity index (χ4n) is 5.12. The first kappa shape index (κ1) is 22.8. The maximum absolute atomic E-state index is 4.97. The number of nitrogens with zero attached hydrogens (tertiary/aromatic N) is 4. The Kier molecular flexibility index (Phi) is 7.85. The third-order valence-electron chi connectivity index (χ3n) is 6.96. The molecule has 0 unspecified atom stereocenters. The number of hydrogen-bond donors (Lipinski definition) is 2. The van der Waals surface area contributed by atoms with Crippen molar-refractivity contribution >= 4 is 22.7 Å². The van der Waals surface area contributed by atoms with Gasteiger partial charge in [0, 0.05) is 51.2 Å². The van der Waals surface area contributed by atoms with Crippen LogP contribution in [-0.4, -0.2) is 61.7 Å². The van der Waals surface area contributed by atoms with Crippen LogP contribution in [0, 0.1) is 0 Å². The first-order valence-electron chi connectivity index (χ1n) is 12.5. The molecule has 6 heteroatoms. The lowest BCUT2D eigenvalue weighted by Crippen LogP contribution is -2.50. The van der Waals surface area contributed by atoms with Crippen molar-refractivity contribution in [2.24, 2.45) is 4.99 Å². The molecule has 0 atom stereocenters. The van der Waals surface area contributed by atoms with Gasteiger partial charge in [-0.25, -0.2) is 9.98 Å². The Hall–Kier alpha value is -2.34. The van der Waals surface area contributed by atoms with E-state index in [4.69, 9.17) is 9.98 Å². The molecule has 0 amide bonds. The number of guanidine groups is 1. The van der Waals surface area contributed by atoms with Gasteiger partial charge in [-0.15, -0.1) is 0 Å². The number of piperidine rings is 1. The Morgan fingerprint density at radius 1 is 1.09 bits per heavy atom. The number of aromatic nitrogens is 1. The number of rotatable bonds is 6. The summed E-state index contributed by atoms with van der Waals surface area (Å²) < 4.78 is 0. The van der Waals surface area contributed by atoms with Crippen molar-refractivity contribution in [3.63, 3.8) is 0 Å². The second-order valence-electron chi connectivity index (χ2n) is 9.49. The molecular weight excluding hydrogens is 396 g/mol. The number of likely N-dealkylation sites (tertiary alicyclic amines) is 1. The van der Waals surface area contributed by atoms with Gasteiger partial charge < -0.3 is 20.4 Å². The maximum atomic E-state index is 4.97. The van der Waals surface area contributed by atoms with E-state index >= 15 is 0 Å². The number of fused-ring (bicyclic) bond motifs is 1. The predicted molar refractivity (Wildman–Crippen MR) is 135 cm³/mol. The number of anilines is 1. The van der Waals surface area contributed by atoms with Gasteiger partial charge in [0.15, 0.2) is 5.96 Å². The van der Waals surface area contributed by atoms with Gasteiger partial charge in [0.25, 0.3) is 0 Å². The number of pyridine rings is 1. The molecule has 0 bridgehead atoms. The van der Waals surface area contributed by atoms with Gasteiger partial charge in [0.2, 0.25) is 0 Å². The lowest BCUT2D eigenvalue weighted by Gasteiger charge is -2.39. The van der Waals surface area contributed by atoms with Gasteiger partial charge in [-0.05, 0) is 50.3 Å². The fraction of sp³-hybridized carbons (Fsp3) is 0.615. The highest BCUT2D eigenvalue weighted by Gasteiger charge is 2.26. The summed E-state index contributed by atoms with van der Waals surface area (Å²) in [6.07, 6.45) is 9.46. The largest absolute Gasteiger partial charge is 0.363 e. The van der Waals surface area contributed by atoms with E-state index in [-0.39, 0.29) is 0 Å². The summed E-state index contributed by atoms with van der Waals surface area (Å²) in [7, 11) is 4.07. The monoisotopic (exact) mass is 436 g/mol. The lowest BCUT2D eigenvalue weighted by molar-refractivity contribution is 0.119. The van der Waals surface area contributed by atoms with Gasteiger partial charge in [0.1, 0.15) is 5.82 Å². The fourth-order valence-corrected chi connectivity index (χ4v) is 5.12. The summed E-state index contributed by atoms with van der Waals surface area (Å²) in [5.41, 5.74) is 2.24. The molecule has 4 rings (SSSR count). The molecule has 1 aromatic heterocycles. The SMILES string of the molecule is CCNC(=NCc1cc(N(C)C)nc2ccccc12)NC1CCN(C2CCCCC2)CC1. The van der Waals surface area contributed by atoms with Crippen molar-refractivity contribution in [2.45, 2.75) is 70.5 Å². The van der Waals surface area contributed by atoms with Gasteiger partial charge >= 0.3 is 0 Å². The first-order valence-corrected chi connectivity index (χ1v) is 12.5. The lowest BCUT2D eigenvalue weighted by atomic mass is 9.92. The second-order valence-corrected chi connectivity index (χ2v) is 9.49. The molecule has 1 aromatic carbocycles. The molecule has 2 fully saturated rings. The average Bonchev–Trinajstić information content (AvgIpc) is 2.83. The molecule has 2 aliphatic rings. The van der Waals surface area contributed by atoms with Crippen molar-refractivity contribution in [1.29, 1.82) is 0 Å². The Bertz CT molecular complexity index is 894. The van der Waals surface area contributed by atoms with Crippen LogP contribution in [0.2, 0.25) is 0 Å². The summed E-state index contributed by atoms with van der Waals surface area (Å²) >= 11 is 0. The van der Waals surface area contributed by atoms with Crippen molar-refractivity contribution in [3.8, 4) is 0 Å². The topological polar surface area (TPSA) is 55.8 Å². The zero-order chi connectivity index (χ0) is 22.3. The smallest absolute Gasteiger partial charge is 0.191 e. The minimum absolute atomic E-state index is 0.499. The van der Waals surface area contributed by atoms with Crippen LogP contribution >= 0.6 is 0 Å². The van der Waals surface area contributed by atoms with Gasteiger partial charge in [0.05, 0.1) is 12.1 Å². The average molecular weight is 437 g/mol. The van der Waals surface area contributed by atoms with E-state index in [1.807, 2.05) is 20.2 Å². The van der Waals surface area contributed by atoms with E-state index in [9.17, 15) is 0 Å². The molecule has 2 aromatic rings. The van der Waals surface area contributed by atoms with Crippen molar-refractivity contribution in [3.05, 3.63) is 35.9 Å². The van der Waals surface area contributed by atoms with Gasteiger partial charge in [-0.1, -0.05) is 37.5 Å².